The lowest BCUT2D eigenvalue weighted by Crippen LogP contribution is -2.17. The van der Waals surface area contributed by atoms with Crippen LogP contribution in [0.4, 0.5) is 5.69 Å². The van der Waals surface area contributed by atoms with Crippen LogP contribution in [0.5, 0.6) is 0 Å². The van der Waals surface area contributed by atoms with Gasteiger partial charge in [-0.3, -0.25) is 9.59 Å². The maximum absolute atomic E-state index is 11.9. The average molecular weight is 308 g/mol. The highest BCUT2D eigenvalue weighted by atomic mass is 79.9. The summed E-state index contributed by atoms with van der Waals surface area (Å²) in [5.41, 5.74) is 1.46. The Morgan fingerprint density at radius 2 is 2.11 bits per heavy atom. The first-order valence-corrected chi connectivity index (χ1v) is 5.99. The number of anilines is 1. The number of H-pyrrole nitrogens is 1. The summed E-state index contributed by atoms with van der Waals surface area (Å²) in [5.74, 6) is -0.368. The molecule has 6 heteroatoms. The van der Waals surface area contributed by atoms with Crippen LogP contribution in [0.3, 0.4) is 0 Å². The summed E-state index contributed by atoms with van der Waals surface area (Å²) in [6.07, 6.45) is 0. The van der Waals surface area contributed by atoms with E-state index in [0.717, 1.165) is 10.0 Å². The zero-order valence-corrected chi connectivity index (χ0v) is 11.1. The highest BCUT2D eigenvalue weighted by Crippen LogP contribution is 2.20. The van der Waals surface area contributed by atoms with Crippen molar-refractivity contribution in [2.45, 2.75) is 6.92 Å². The molecule has 5 nitrogen and oxygen atoms in total. The van der Waals surface area contributed by atoms with Crippen LogP contribution in [-0.2, 0) is 0 Å². The molecule has 0 radical (unpaired) electrons. The fourth-order valence-electron chi connectivity index (χ4n) is 1.39. The molecular formula is C12H10BrN3O2. The molecule has 2 N–H and O–H groups in total. The lowest BCUT2D eigenvalue weighted by molar-refractivity contribution is 0.102. The van der Waals surface area contributed by atoms with Gasteiger partial charge in [-0.1, -0.05) is 22.0 Å². The fourth-order valence-corrected chi connectivity index (χ4v) is 1.75. The molecule has 1 aromatic heterocycles. The number of carbonyl (C=O) groups is 1. The summed E-state index contributed by atoms with van der Waals surface area (Å²) < 4.78 is 0.873. The smallest absolute Gasteiger partial charge is 0.276 e. The van der Waals surface area contributed by atoms with Gasteiger partial charge in [0.15, 0.2) is 0 Å². The van der Waals surface area contributed by atoms with Gasteiger partial charge in [0, 0.05) is 16.2 Å². The number of nitrogens with one attached hydrogen (secondary N) is 2. The van der Waals surface area contributed by atoms with Crippen LogP contribution >= 0.6 is 15.9 Å². The molecule has 0 bridgehead atoms. The highest BCUT2D eigenvalue weighted by Gasteiger charge is 2.09. The van der Waals surface area contributed by atoms with Crippen LogP contribution in [0.15, 0.2) is 39.6 Å². The summed E-state index contributed by atoms with van der Waals surface area (Å²) in [6.45, 7) is 1.89. The molecule has 0 aliphatic rings. The van der Waals surface area contributed by atoms with Crippen LogP contribution in [0, 0.1) is 6.92 Å². The van der Waals surface area contributed by atoms with Crippen molar-refractivity contribution in [2.24, 2.45) is 0 Å². The Morgan fingerprint density at radius 1 is 1.33 bits per heavy atom. The first-order valence-electron chi connectivity index (χ1n) is 5.19. The van der Waals surface area contributed by atoms with E-state index in [1.54, 1.807) is 6.07 Å². The second kappa shape index (κ2) is 5.14. The lowest BCUT2D eigenvalue weighted by atomic mass is 10.2. The lowest BCUT2D eigenvalue weighted by Gasteiger charge is -2.08. The van der Waals surface area contributed by atoms with Gasteiger partial charge in [-0.15, -0.1) is 0 Å². The molecule has 2 aromatic rings. The molecule has 0 atom stereocenters. The van der Waals surface area contributed by atoms with Gasteiger partial charge in [-0.2, -0.15) is 5.10 Å². The monoisotopic (exact) mass is 307 g/mol. The van der Waals surface area contributed by atoms with Gasteiger partial charge in [-0.25, -0.2) is 5.10 Å². The summed E-state index contributed by atoms with van der Waals surface area (Å²) in [7, 11) is 0. The Kier molecular flexibility index (Phi) is 3.57. The predicted octanol–water partition coefficient (Wildman–Crippen LogP) is 2.09. The van der Waals surface area contributed by atoms with E-state index >= 15 is 0 Å². The second-order valence-electron chi connectivity index (χ2n) is 3.72. The number of aryl methyl sites for hydroxylation is 1. The van der Waals surface area contributed by atoms with Gasteiger partial charge >= 0.3 is 0 Å². The molecule has 0 unspecified atom stereocenters. The van der Waals surface area contributed by atoms with E-state index in [9.17, 15) is 9.59 Å². The fraction of sp³-hybridized carbons (Fsp3) is 0.0833. The number of hydrogen-bond donors (Lipinski definition) is 2. The van der Waals surface area contributed by atoms with Crippen molar-refractivity contribution >= 4 is 27.5 Å². The molecule has 1 aromatic carbocycles. The molecule has 18 heavy (non-hydrogen) atoms. The third kappa shape index (κ3) is 2.84. The largest absolute Gasteiger partial charge is 0.320 e. The van der Waals surface area contributed by atoms with E-state index in [1.165, 1.54) is 12.1 Å². The van der Waals surface area contributed by atoms with Crippen LogP contribution in [-0.4, -0.2) is 16.1 Å². The normalized spacial score (nSPS) is 10.1. The standard InChI is InChI=1S/C12H10BrN3O2/c1-7-2-3-8(13)6-10(7)14-12(18)9-4-5-11(17)16-15-9/h2-6H,1H3,(H,14,18)(H,16,17). The number of amides is 1. The van der Waals surface area contributed by atoms with Gasteiger partial charge in [-0.05, 0) is 30.7 Å². The van der Waals surface area contributed by atoms with Crippen LogP contribution in [0.25, 0.3) is 0 Å². The van der Waals surface area contributed by atoms with Gasteiger partial charge in [0.05, 0.1) is 0 Å². The van der Waals surface area contributed by atoms with Crippen molar-refractivity contribution < 1.29 is 4.79 Å². The van der Waals surface area contributed by atoms with Crippen molar-refractivity contribution in [1.29, 1.82) is 0 Å². The highest BCUT2D eigenvalue weighted by molar-refractivity contribution is 9.10. The molecule has 0 spiro atoms. The number of nitrogens with zero attached hydrogens (tertiary/aromatic N) is 1. The number of hydrogen-bond acceptors (Lipinski definition) is 3. The zero-order chi connectivity index (χ0) is 13.1. The Labute approximate surface area is 111 Å². The summed E-state index contributed by atoms with van der Waals surface area (Å²) in [5, 5.41) is 8.62. The van der Waals surface area contributed by atoms with E-state index < -0.39 is 0 Å². The van der Waals surface area contributed by atoms with E-state index in [4.69, 9.17) is 0 Å². The molecule has 0 fully saturated rings. The van der Waals surface area contributed by atoms with Crippen LogP contribution in [0.1, 0.15) is 16.1 Å². The number of carbonyl (C=O) groups excluding carboxylic acids is 1. The van der Waals surface area contributed by atoms with Crippen molar-refractivity contribution in [3.05, 3.63) is 56.4 Å². The third-order valence-electron chi connectivity index (χ3n) is 2.36. The van der Waals surface area contributed by atoms with E-state index in [2.05, 4.69) is 31.4 Å². The summed E-state index contributed by atoms with van der Waals surface area (Å²) in [6, 6.07) is 8.22. The Bertz CT molecular complexity index is 632. The van der Waals surface area contributed by atoms with Gasteiger partial charge in [0.2, 0.25) is 0 Å². The Morgan fingerprint density at radius 3 is 2.78 bits per heavy atom. The number of halogens is 1. The minimum Gasteiger partial charge on any atom is -0.320 e. The molecule has 92 valence electrons. The summed E-state index contributed by atoms with van der Waals surface area (Å²) >= 11 is 3.34. The maximum Gasteiger partial charge on any atom is 0.276 e. The third-order valence-corrected chi connectivity index (χ3v) is 2.85. The molecule has 0 saturated carbocycles. The van der Waals surface area contributed by atoms with Crippen LogP contribution < -0.4 is 10.9 Å². The number of benzene rings is 1. The molecule has 0 saturated heterocycles. The second-order valence-corrected chi connectivity index (χ2v) is 4.64. The first kappa shape index (κ1) is 12.5. The van der Waals surface area contributed by atoms with E-state index in [-0.39, 0.29) is 17.2 Å². The van der Waals surface area contributed by atoms with E-state index in [1.807, 2.05) is 19.1 Å². The molecule has 1 amide bonds. The van der Waals surface area contributed by atoms with Crippen LogP contribution in [0.2, 0.25) is 0 Å². The maximum atomic E-state index is 11.9. The van der Waals surface area contributed by atoms with Gasteiger partial charge in [0.1, 0.15) is 5.69 Å². The number of rotatable bonds is 2. The molecule has 2 rings (SSSR count). The minimum absolute atomic E-state index is 0.161. The number of aromatic nitrogens is 2. The van der Waals surface area contributed by atoms with Crippen molar-refractivity contribution in [3.8, 4) is 0 Å². The SMILES string of the molecule is Cc1ccc(Br)cc1NC(=O)c1ccc(=O)[nH]n1. The van der Waals surface area contributed by atoms with Gasteiger partial charge in [0.25, 0.3) is 11.5 Å². The molecule has 0 aliphatic heterocycles. The zero-order valence-electron chi connectivity index (χ0n) is 9.53. The van der Waals surface area contributed by atoms with E-state index in [0.29, 0.717) is 5.69 Å². The minimum atomic E-state index is -0.368. The predicted molar refractivity (Wildman–Crippen MR) is 71.7 cm³/mol. The average Bonchev–Trinajstić information content (AvgIpc) is 2.34. The topological polar surface area (TPSA) is 74.8 Å². The molecule has 0 aliphatic carbocycles. The van der Waals surface area contributed by atoms with Crippen molar-refractivity contribution in [1.82, 2.24) is 10.2 Å². The molecule has 1 heterocycles. The quantitative estimate of drug-likeness (QED) is 0.892. The summed E-state index contributed by atoms with van der Waals surface area (Å²) in [4.78, 5) is 22.7. The number of aromatic amines is 1. The first-order chi connectivity index (χ1) is 8.56. The Hall–Kier alpha value is -1.95. The molecular weight excluding hydrogens is 298 g/mol. The van der Waals surface area contributed by atoms with Gasteiger partial charge < -0.3 is 5.32 Å². The Balaban J connectivity index is 2.23. The van der Waals surface area contributed by atoms with Crippen molar-refractivity contribution in [2.75, 3.05) is 5.32 Å². The van der Waals surface area contributed by atoms with Crippen molar-refractivity contribution in [3.63, 3.8) is 0 Å².